The van der Waals surface area contributed by atoms with Crippen molar-refractivity contribution in [1.82, 2.24) is 15.0 Å². The number of amides is 1. The molecule has 5 nitrogen and oxygen atoms in total. The van der Waals surface area contributed by atoms with E-state index in [1.165, 1.54) is 10.4 Å². The molecule has 0 N–H and O–H groups in total. The van der Waals surface area contributed by atoms with E-state index in [9.17, 15) is 4.79 Å². The number of hydrogen-bond acceptors (Lipinski definition) is 5. The summed E-state index contributed by atoms with van der Waals surface area (Å²) in [4.78, 5) is 19.8. The number of pyridine rings is 1. The Hall–Kier alpha value is -2.21. The first-order valence-corrected chi connectivity index (χ1v) is 7.26. The lowest BCUT2D eigenvalue weighted by atomic mass is 10.1. The maximum atomic E-state index is 12.6. The van der Waals surface area contributed by atoms with E-state index in [4.69, 9.17) is 4.52 Å². The highest BCUT2D eigenvalue weighted by atomic mass is 32.1. The standard InChI is InChI=1S/C14H11N3O2S/c18-14(12-10-2-1-5-15-13(10)16-19-12)17-6-3-11-9(8-17)4-7-20-11/h1-2,4-5,7H,3,6,8H2. The summed E-state index contributed by atoms with van der Waals surface area (Å²) in [6, 6.07) is 5.68. The van der Waals surface area contributed by atoms with Crippen LogP contribution < -0.4 is 0 Å². The van der Waals surface area contributed by atoms with Gasteiger partial charge < -0.3 is 9.42 Å². The Balaban J connectivity index is 1.68. The van der Waals surface area contributed by atoms with E-state index in [0.29, 0.717) is 17.6 Å². The van der Waals surface area contributed by atoms with Gasteiger partial charge in [0.2, 0.25) is 11.4 Å². The minimum Gasteiger partial charge on any atom is -0.348 e. The van der Waals surface area contributed by atoms with Crippen LogP contribution in [-0.4, -0.2) is 27.5 Å². The number of thiophene rings is 1. The van der Waals surface area contributed by atoms with Crippen molar-refractivity contribution in [3.8, 4) is 0 Å². The van der Waals surface area contributed by atoms with E-state index in [2.05, 4.69) is 21.6 Å². The quantitative estimate of drug-likeness (QED) is 0.689. The Morgan fingerprint density at radius 1 is 1.40 bits per heavy atom. The Morgan fingerprint density at radius 3 is 3.30 bits per heavy atom. The molecule has 0 aliphatic carbocycles. The van der Waals surface area contributed by atoms with E-state index < -0.39 is 0 Å². The highest BCUT2D eigenvalue weighted by Crippen LogP contribution is 2.26. The van der Waals surface area contributed by atoms with Crippen LogP contribution in [0.4, 0.5) is 0 Å². The van der Waals surface area contributed by atoms with Gasteiger partial charge in [-0.2, -0.15) is 0 Å². The summed E-state index contributed by atoms with van der Waals surface area (Å²) in [5, 5.41) is 6.59. The van der Waals surface area contributed by atoms with Crippen molar-refractivity contribution in [2.75, 3.05) is 6.54 Å². The van der Waals surface area contributed by atoms with Gasteiger partial charge in [-0.05, 0) is 35.6 Å². The minimum absolute atomic E-state index is 0.114. The average molecular weight is 285 g/mol. The van der Waals surface area contributed by atoms with Crippen molar-refractivity contribution in [1.29, 1.82) is 0 Å². The molecule has 20 heavy (non-hydrogen) atoms. The molecule has 0 saturated heterocycles. The van der Waals surface area contributed by atoms with Crippen LogP contribution in [0.15, 0.2) is 34.3 Å². The lowest BCUT2D eigenvalue weighted by molar-refractivity contribution is 0.0696. The highest BCUT2D eigenvalue weighted by molar-refractivity contribution is 7.10. The number of nitrogens with zero attached hydrogens (tertiary/aromatic N) is 3. The molecule has 100 valence electrons. The third-order valence-corrected chi connectivity index (χ3v) is 4.57. The van der Waals surface area contributed by atoms with Crippen LogP contribution in [0.3, 0.4) is 0 Å². The number of fused-ring (bicyclic) bond motifs is 2. The van der Waals surface area contributed by atoms with Gasteiger partial charge in [-0.25, -0.2) is 4.98 Å². The molecule has 0 saturated carbocycles. The van der Waals surface area contributed by atoms with Gasteiger partial charge in [-0.1, -0.05) is 5.16 Å². The monoisotopic (exact) mass is 285 g/mol. The lowest BCUT2D eigenvalue weighted by Crippen LogP contribution is -2.35. The molecule has 4 rings (SSSR count). The average Bonchev–Trinajstić information content (AvgIpc) is 3.12. The first-order valence-electron chi connectivity index (χ1n) is 6.38. The summed E-state index contributed by atoms with van der Waals surface area (Å²) in [5.41, 5.74) is 1.71. The third kappa shape index (κ3) is 1.72. The first kappa shape index (κ1) is 11.6. The van der Waals surface area contributed by atoms with Crippen LogP contribution in [0.2, 0.25) is 0 Å². The second-order valence-corrected chi connectivity index (χ2v) is 5.73. The van der Waals surface area contributed by atoms with Crippen LogP contribution in [0.5, 0.6) is 0 Å². The van der Waals surface area contributed by atoms with E-state index in [1.54, 1.807) is 23.6 Å². The minimum atomic E-state index is -0.114. The van der Waals surface area contributed by atoms with Crippen LogP contribution in [0, 0.1) is 0 Å². The number of carbonyl (C=O) groups is 1. The predicted octanol–water partition coefficient (Wildman–Crippen LogP) is 2.48. The fraction of sp³-hybridized carbons (Fsp3) is 0.214. The van der Waals surface area contributed by atoms with Gasteiger partial charge in [0, 0.05) is 24.2 Å². The molecular formula is C14H11N3O2S. The predicted molar refractivity (Wildman–Crippen MR) is 74.6 cm³/mol. The summed E-state index contributed by atoms with van der Waals surface area (Å²) in [5.74, 6) is 0.170. The fourth-order valence-electron chi connectivity index (χ4n) is 2.50. The summed E-state index contributed by atoms with van der Waals surface area (Å²) >= 11 is 1.76. The van der Waals surface area contributed by atoms with Gasteiger partial charge in [0.05, 0.1) is 5.39 Å². The SMILES string of the molecule is O=C(c1onc2ncccc12)N1CCc2sccc2C1. The zero-order valence-electron chi connectivity index (χ0n) is 10.6. The first-order chi connectivity index (χ1) is 9.83. The number of hydrogen-bond donors (Lipinski definition) is 0. The molecule has 0 radical (unpaired) electrons. The molecule has 0 aromatic carbocycles. The Bertz CT molecular complexity index is 792. The Morgan fingerprint density at radius 2 is 2.35 bits per heavy atom. The molecule has 4 heterocycles. The second kappa shape index (κ2) is 4.42. The van der Waals surface area contributed by atoms with Gasteiger partial charge in [-0.15, -0.1) is 11.3 Å². The number of carbonyl (C=O) groups excluding carboxylic acids is 1. The maximum Gasteiger partial charge on any atom is 0.293 e. The largest absolute Gasteiger partial charge is 0.348 e. The van der Waals surface area contributed by atoms with Gasteiger partial charge in [-0.3, -0.25) is 4.79 Å². The molecule has 0 unspecified atom stereocenters. The summed E-state index contributed by atoms with van der Waals surface area (Å²) < 4.78 is 5.20. The van der Waals surface area contributed by atoms with Crippen LogP contribution in [0.1, 0.15) is 21.0 Å². The van der Waals surface area contributed by atoms with Crippen molar-refractivity contribution in [3.63, 3.8) is 0 Å². The molecule has 3 aromatic heterocycles. The molecule has 0 bridgehead atoms. The fourth-order valence-corrected chi connectivity index (χ4v) is 3.39. The van der Waals surface area contributed by atoms with Crippen molar-refractivity contribution in [2.45, 2.75) is 13.0 Å². The second-order valence-electron chi connectivity index (χ2n) is 4.73. The van der Waals surface area contributed by atoms with Crippen molar-refractivity contribution < 1.29 is 9.32 Å². The molecule has 1 aliphatic heterocycles. The maximum absolute atomic E-state index is 12.6. The number of aromatic nitrogens is 2. The van der Waals surface area contributed by atoms with Gasteiger partial charge >= 0.3 is 0 Å². The summed E-state index contributed by atoms with van der Waals surface area (Å²) in [6.45, 7) is 1.36. The van der Waals surface area contributed by atoms with Gasteiger partial charge in [0.15, 0.2) is 0 Å². The zero-order valence-corrected chi connectivity index (χ0v) is 11.4. The summed E-state index contributed by atoms with van der Waals surface area (Å²) in [7, 11) is 0. The highest BCUT2D eigenvalue weighted by Gasteiger charge is 2.26. The topological polar surface area (TPSA) is 59.2 Å². The van der Waals surface area contributed by atoms with Gasteiger partial charge in [0.1, 0.15) is 0 Å². The molecule has 6 heteroatoms. The Labute approximate surface area is 118 Å². The molecule has 1 amide bonds. The molecule has 0 spiro atoms. The lowest BCUT2D eigenvalue weighted by Gasteiger charge is -2.25. The van der Waals surface area contributed by atoms with Crippen LogP contribution >= 0.6 is 11.3 Å². The molecule has 0 fully saturated rings. The van der Waals surface area contributed by atoms with Crippen LogP contribution in [0.25, 0.3) is 11.0 Å². The van der Waals surface area contributed by atoms with E-state index in [0.717, 1.165) is 13.0 Å². The van der Waals surface area contributed by atoms with Crippen molar-refractivity contribution in [2.24, 2.45) is 0 Å². The van der Waals surface area contributed by atoms with Crippen LogP contribution in [-0.2, 0) is 13.0 Å². The molecular weight excluding hydrogens is 274 g/mol. The van der Waals surface area contributed by atoms with E-state index >= 15 is 0 Å². The summed E-state index contributed by atoms with van der Waals surface area (Å²) in [6.07, 6.45) is 2.54. The number of rotatable bonds is 1. The van der Waals surface area contributed by atoms with E-state index in [1.807, 2.05) is 11.0 Å². The third-order valence-electron chi connectivity index (χ3n) is 3.54. The molecule has 3 aromatic rings. The van der Waals surface area contributed by atoms with E-state index in [-0.39, 0.29) is 11.7 Å². The zero-order chi connectivity index (χ0) is 13.5. The van der Waals surface area contributed by atoms with Gasteiger partial charge in [0.25, 0.3) is 5.91 Å². The van der Waals surface area contributed by atoms with Crippen molar-refractivity contribution in [3.05, 3.63) is 46.0 Å². The smallest absolute Gasteiger partial charge is 0.293 e. The molecule has 0 atom stereocenters. The molecule has 1 aliphatic rings. The Kier molecular flexibility index (Phi) is 2.56. The normalized spacial score (nSPS) is 14.5. The van der Waals surface area contributed by atoms with Crippen molar-refractivity contribution >= 4 is 28.3 Å².